The van der Waals surface area contributed by atoms with Gasteiger partial charge in [0.25, 0.3) is 5.91 Å². The molecule has 0 radical (unpaired) electrons. The molecule has 0 spiro atoms. The molecule has 0 atom stereocenters. The van der Waals surface area contributed by atoms with Crippen LogP contribution in [-0.4, -0.2) is 49.5 Å². The minimum atomic E-state index is -3.99. The molecule has 38 heavy (non-hydrogen) atoms. The number of halogens is 3. The van der Waals surface area contributed by atoms with Crippen LogP contribution >= 0.6 is 34.8 Å². The van der Waals surface area contributed by atoms with Gasteiger partial charge in [0.2, 0.25) is 10.0 Å². The lowest BCUT2D eigenvalue weighted by molar-refractivity contribution is 0.0729. The average molecular weight is 604 g/mol. The summed E-state index contributed by atoms with van der Waals surface area (Å²) in [6.07, 6.45) is 0.701. The molecule has 1 aromatic heterocycles. The summed E-state index contributed by atoms with van der Waals surface area (Å²) in [5.74, 6) is 0.947. The number of nitrogens with zero attached hydrogens (tertiary/aromatic N) is 3. The second-order valence-corrected chi connectivity index (χ2v) is 11.5. The molecule has 3 aromatic rings. The molecule has 0 bridgehead atoms. The van der Waals surface area contributed by atoms with Gasteiger partial charge in [-0.2, -0.15) is 0 Å². The Balaban J connectivity index is 2.04. The number of sulfonamides is 1. The Hall–Kier alpha value is -2.50. The summed E-state index contributed by atoms with van der Waals surface area (Å²) in [7, 11) is -1.07. The molecule has 206 valence electrons. The quantitative estimate of drug-likeness (QED) is 0.320. The SMILES string of the molecule is COc1ccc(C(=O)N(CCC(C)C)Cc2nc(Cl)c(Cl)n2Cc2ccccc2S(N)(=O)=O)c(Cl)c1OC. The van der Waals surface area contributed by atoms with Gasteiger partial charge in [0.15, 0.2) is 16.7 Å². The van der Waals surface area contributed by atoms with E-state index in [1.54, 1.807) is 39.8 Å². The van der Waals surface area contributed by atoms with Crippen molar-refractivity contribution in [1.29, 1.82) is 0 Å². The van der Waals surface area contributed by atoms with Crippen molar-refractivity contribution in [1.82, 2.24) is 14.5 Å². The van der Waals surface area contributed by atoms with Gasteiger partial charge >= 0.3 is 0 Å². The maximum absolute atomic E-state index is 13.7. The predicted molar refractivity (Wildman–Crippen MR) is 148 cm³/mol. The van der Waals surface area contributed by atoms with Crippen molar-refractivity contribution < 1.29 is 22.7 Å². The molecule has 0 aliphatic rings. The molecule has 2 aromatic carbocycles. The lowest BCUT2D eigenvalue weighted by Crippen LogP contribution is -2.33. The number of methoxy groups -OCH3 is 2. The van der Waals surface area contributed by atoms with Crippen LogP contribution in [0.2, 0.25) is 15.3 Å². The van der Waals surface area contributed by atoms with Gasteiger partial charge in [0, 0.05) is 6.54 Å². The second kappa shape index (κ2) is 12.6. The van der Waals surface area contributed by atoms with Crippen molar-refractivity contribution in [2.45, 2.75) is 38.3 Å². The van der Waals surface area contributed by atoms with E-state index in [1.165, 1.54) is 20.3 Å². The molecule has 1 heterocycles. The van der Waals surface area contributed by atoms with Gasteiger partial charge in [-0.25, -0.2) is 18.5 Å². The Morgan fingerprint density at radius 1 is 1.11 bits per heavy atom. The van der Waals surface area contributed by atoms with Gasteiger partial charge in [0.1, 0.15) is 11.0 Å². The zero-order valence-corrected chi connectivity index (χ0v) is 24.5. The third kappa shape index (κ3) is 6.73. The number of rotatable bonds is 11. The van der Waals surface area contributed by atoms with Crippen LogP contribution in [0, 0.1) is 5.92 Å². The molecule has 2 N–H and O–H groups in total. The molecular formula is C25H29Cl3N4O5S. The first-order valence-corrected chi connectivity index (χ1v) is 14.3. The third-order valence-electron chi connectivity index (χ3n) is 5.86. The molecule has 0 unspecified atom stereocenters. The van der Waals surface area contributed by atoms with Gasteiger partial charge < -0.3 is 18.9 Å². The molecule has 13 heteroatoms. The van der Waals surface area contributed by atoms with Crippen molar-refractivity contribution >= 4 is 50.7 Å². The minimum Gasteiger partial charge on any atom is -0.493 e. The molecule has 0 saturated heterocycles. The van der Waals surface area contributed by atoms with E-state index in [1.807, 2.05) is 13.8 Å². The Morgan fingerprint density at radius 2 is 1.79 bits per heavy atom. The number of hydrogen-bond donors (Lipinski definition) is 1. The van der Waals surface area contributed by atoms with Crippen molar-refractivity contribution in [3.05, 3.63) is 68.7 Å². The maximum atomic E-state index is 13.7. The van der Waals surface area contributed by atoms with Crippen molar-refractivity contribution in [2.24, 2.45) is 11.1 Å². The largest absolute Gasteiger partial charge is 0.493 e. The van der Waals surface area contributed by atoms with E-state index in [2.05, 4.69) is 4.98 Å². The highest BCUT2D eigenvalue weighted by atomic mass is 35.5. The lowest BCUT2D eigenvalue weighted by atomic mass is 10.1. The predicted octanol–water partition coefficient (Wildman–Crippen LogP) is 5.24. The lowest BCUT2D eigenvalue weighted by Gasteiger charge is -2.25. The summed E-state index contributed by atoms with van der Waals surface area (Å²) < 4.78 is 36.5. The van der Waals surface area contributed by atoms with Gasteiger partial charge in [0.05, 0.1) is 42.8 Å². The molecule has 0 aliphatic heterocycles. The highest BCUT2D eigenvalue weighted by molar-refractivity contribution is 7.89. The third-order valence-corrected chi connectivity index (χ3v) is 7.99. The van der Waals surface area contributed by atoms with E-state index in [-0.39, 0.29) is 50.5 Å². The average Bonchev–Trinajstić information content (AvgIpc) is 3.12. The number of amides is 1. The number of aromatic nitrogens is 2. The summed E-state index contributed by atoms with van der Waals surface area (Å²) in [6, 6.07) is 9.48. The number of benzene rings is 2. The van der Waals surface area contributed by atoms with Gasteiger partial charge in [-0.05, 0) is 36.1 Å². The second-order valence-electron chi connectivity index (χ2n) is 8.92. The number of imidazole rings is 1. The van der Waals surface area contributed by atoms with Gasteiger partial charge in [-0.1, -0.05) is 66.8 Å². The van der Waals surface area contributed by atoms with E-state index in [0.29, 0.717) is 36.0 Å². The summed E-state index contributed by atoms with van der Waals surface area (Å²) in [4.78, 5) is 19.7. The first-order chi connectivity index (χ1) is 17.9. The maximum Gasteiger partial charge on any atom is 0.255 e. The Morgan fingerprint density at radius 3 is 2.39 bits per heavy atom. The molecule has 0 fully saturated rings. The Bertz CT molecular complexity index is 1430. The van der Waals surface area contributed by atoms with Crippen LogP contribution in [0.3, 0.4) is 0 Å². The van der Waals surface area contributed by atoms with E-state index in [4.69, 9.17) is 49.4 Å². The van der Waals surface area contributed by atoms with Crippen LogP contribution in [0.15, 0.2) is 41.3 Å². The summed E-state index contributed by atoms with van der Waals surface area (Å²) in [6.45, 7) is 4.52. The monoisotopic (exact) mass is 602 g/mol. The molecular weight excluding hydrogens is 575 g/mol. The van der Waals surface area contributed by atoms with E-state index in [0.717, 1.165) is 0 Å². The standard InChI is InChI=1S/C25H29Cl3N4O5S/c1-15(2)11-12-31(25(33)17-9-10-18(36-3)22(37-4)21(17)26)14-20-30-23(27)24(28)32(20)13-16-7-5-6-8-19(16)38(29,34)35/h5-10,15H,11-14H2,1-4H3,(H2,29,34,35). The normalized spacial score (nSPS) is 11.6. The fourth-order valence-electron chi connectivity index (χ4n) is 3.87. The van der Waals surface area contributed by atoms with Crippen LogP contribution in [-0.2, 0) is 23.1 Å². The van der Waals surface area contributed by atoms with E-state index < -0.39 is 10.0 Å². The smallest absolute Gasteiger partial charge is 0.255 e. The fraction of sp³-hybridized carbons (Fsp3) is 0.360. The van der Waals surface area contributed by atoms with E-state index in [9.17, 15) is 13.2 Å². The highest BCUT2D eigenvalue weighted by Gasteiger charge is 2.26. The molecule has 0 saturated carbocycles. The first-order valence-electron chi connectivity index (χ1n) is 11.6. The van der Waals surface area contributed by atoms with Gasteiger partial charge in [-0.3, -0.25) is 4.79 Å². The van der Waals surface area contributed by atoms with Crippen molar-refractivity contribution in [2.75, 3.05) is 20.8 Å². The van der Waals surface area contributed by atoms with Gasteiger partial charge in [-0.15, -0.1) is 0 Å². The van der Waals surface area contributed by atoms with Crippen LogP contribution in [0.25, 0.3) is 0 Å². The van der Waals surface area contributed by atoms with Crippen LogP contribution in [0.5, 0.6) is 11.5 Å². The number of primary sulfonamides is 1. The topological polar surface area (TPSA) is 117 Å². The van der Waals surface area contributed by atoms with Crippen LogP contribution < -0.4 is 14.6 Å². The summed E-state index contributed by atoms with van der Waals surface area (Å²) in [5, 5.41) is 5.65. The number of carbonyl (C=O) groups excluding carboxylic acids is 1. The Labute approximate surface area is 237 Å². The minimum absolute atomic E-state index is 0.0177. The molecule has 0 aliphatic carbocycles. The molecule has 1 amide bonds. The van der Waals surface area contributed by atoms with Crippen LogP contribution in [0.1, 0.15) is 42.0 Å². The van der Waals surface area contributed by atoms with Crippen molar-refractivity contribution in [3.8, 4) is 11.5 Å². The summed E-state index contributed by atoms with van der Waals surface area (Å²) >= 11 is 19.3. The number of ether oxygens (including phenoxy) is 2. The Kier molecular flexibility index (Phi) is 9.94. The van der Waals surface area contributed by atoms with Crippen molar-refractivity contribution in [3.63, 3.8) is 0 Å². The van der Waals surface area contributed by atoms with E-state index >= 15 is 0 Å². The molecule has 3 rings (SSSR count). The number of nitrogens with two attached hydrogens (primary N) is 1. The molecule has 9 nitrogen and oxygen atoms in total. The zero-order valence-electron chi connectivity index (χ0n) is 21.4. The number of hydrogen-bond acceptors (Lipinski definition) is 6. The fourth-order valence-corrected chi connectivity index (χ4v) is 5.35. The van der Waals surface area contributed by atoms with Crippen LogP contribution in [0.4, 0.5) is 0 Å². The number of carbonyl (C=O) groups is 1. The first kappa shape index (κ1) is 30.0. The zero-order chi connectivity index (χ0) is 28.2. The summed E-state index contributed by atoms with van der Waals surface area (Å²) in [5.41, 5.74) is 0.623. The highest BCUT2D eigenvalue weighted by Crippen LogP contribution is 2.38.